The van der Waals surface area contributed by atoms with Gasteiger partial charge < -0.3 is 15.1 Å². The summed E-state index contributed by atoms with van der Waals surface area (Å²) < 4.78 is 7.56. The van der Waals surface area contributed by atoms with E-state index in [4.69, 9.17) is 4.42 Å². The first-order chi connectivity index (χ1) is 11.5. The van der Waals surface area contributed by atoms with Gasteiger partial charge in [-0.15, -0.1) is 0 Å². The summed E-state index contributed by atoms with van der Waals surface area (Å²) >= 11 is 0. The Kier molecular flexibility index (Phi) is 6.00. The fourth-order valence-corrected chi connectivity index (χ4v) is 2.76. The van der Waals surface area contributed by atoms with Crippen LogP contribution in [0.5, 0.6) is 0 Å². The molecule has 132 valence electrons. The van der Waals surface area contributed by atoms with E-state index in [9.17, 15) is 0 Å². The van der Waals surface area contributed by atoms with Crippen molar-refractivity contribution in [1.29, 1.82) is 0 Å². The normalized spacial score (nSPS) is 11.8. The second kappa shape index (κ2) is 7.99. The lowest BCUT2D eigenvalue weighted by atomic mass is 10.1. The zero-order valence-corrected chi connectivity index (χ0v) is 15.5. The van der Waals surface area contributed by atoms with Crippen molar-refractivity contribution in [1.82, 2.24) is 25.4 Å². The highest BCUT2D eigenvalue weighted by molar-refractivity contribution is 5.79. The SMILES string of the molecule is CCc1nn(C)c(CC)c1CNC(=NC)NCc1nc(C)c(C)o1. The minimum atomic E-state index is 0.503. The minimum Gasteiger partial charge on any atom is -0.444 e. The minimum absolute atomic E-state index is 0.503. The van der Waals surface area contributed by atoms with Crippen LogP contribution in [0.3, 0.4) is 0 Å². The highest BCUT2D eigenvalue weighted by atomic mass is 16.4. The summed E-state index contributed by atoms with van der Waals surface area (Å²) in [5.41, 5.74) is 4.57. The predicted molar refractivity (Wildman–Crippen MR) is 95.0 cm³/mol. The molecule has 0 aromatic carbocycles. The summed E-state index contributed by atoms with van der Waals surface area (Å²) in [5.74, 6) is 2.24. The van der Waals surface area contributed by atoms with E-state index in [-0.39, 0.29) is 0 Å². The van der Waals surface area contributed by atoms with Gasteiger partial charge in [0.25, 0.3) is 0 Å². The zero-order chi connectivity index (χ0) is 17.7. The Bertz CT molecular complexity index is 693. The van der Waals surface area contributed by atoms with E-state index in [2.05, 4.69) is 39.6 Å². The van der Waals surface area contributed by atoms with Gasteiger partial charge in [-0.1, -0.05) is 13.8 Å². The van der Waals surface area contributed by atoms with Crippen molar-refractivity contribution >= 4 is 5.96 Å². The second-order valence-electron chi connectivity index (χ2n) is 5.73. The van der Waals surface area contributed by atoms with E-state index in [0.29, 0.717) is 19.0 Å². The Morgan fingerprint density at radius 3 is 2.42 bits per heavy atom. The Labute approximate surface area is 143 Å². The molecule has 0 fully saturated rings. The van der Waals surface area contributed by atoms with Crippen molar-refractivity contribution in [3.05, 3.63) is 34.3 Å². The van der Waals surface area contributed by atoms with Crippen LogP contribution in [0.4, 0.5) is 0 Å². The second-order valence-corrected chi connectivity index (χ2v) is 5.73. The molecule has 0 atom stereocenters. The van der Waals surface area contributed by atoms with Gasteiger partial charge in [0.05, 0.1) is 17.9 Å². The number of nitrogens with zero attached hydrogens (tertiary/aromatic N) is 4. The van der Waals surface area contributed by atoms with Crippen molar-refractivity contribution in [3.63, 3.8) is 0 Å². The average molecular weight is 332 g/mol. The molecular formula is C17H28N6O. The Balaban J connectivity index is 1.99. The molecule has 2 N–H and O–H groups in total. The van der Waals surface area contributed by atoms with Crippen LogP contribution in [0.25, 0.3) is 0 Å². The number of hydrogen-bond acceptors (Lipinski definition) is 4. The van der Waals surface area contributed by atoms with Crippen LogP contribution < -0.4 is 10.6 Å². The summed E-state index contributed by atoms with van der Waals surface area (Å²) in [5, 5.41) is 11.2. The number of aryl methyl sites for hydroxylation is 4. The number of rotatable bonds is 6. The van der Waals surface area contributed by atoms with Crippen molar-refractivity contribution < 1.29 is 4.42 Å². The topological polar surface area (TPSA) is 80.3 Å². The van der Waals surface area contributed by atoms with E-state index in [1.54, 1.807) is 7.05 Å². The standard InChI is InChI=1S/C17H28N6O/c1-7-14-13(15(8-2)23(6)22-14)9-19-17(18-5)20-10-16-21-11(3)12(4)24-16/h7-10H2,1-6H3,(H2,18,19,20). The maximum absolute atomic E-state index is 5.58. The molecule has 7 nitrogen and oxygen atoms in total. The first kappa shape index (κ1) is 18.0. The Morgan fingerprint density at radius 1 is 1.17 bits per heavy atom. The number of aliphatic imine (C=N–C) groups is 1. The van der Waals surface area contributed by atoms with Crippen LogP contribution in [0, 0.1) is 13.8 Å². The van der Waals surface area contributed by atoms with Gasteiger partial charge in [0.2, 0.25) is 5.89 Å². The van der Waals surface area contributed by atoms with Gasteiger partial charge in [-0.2, -0.15) is 5.10 Å². The van der Waals surface area contributed by atoms with Gasteiger partial charge in [0, 0.05) is 31.9 Å². The van der Waals surface area contributed by atoms with Crippen LogP contribution in [0.2, 0.25) is 0 Å². The van der Waals surface area contributed by atoms with E-state index >= 15 is 0 Å². The molecule has 0 saturated heterocycles. The van der Waals surface area contributed by atoms with Gasteiger partial charge in [0.15, 0.2) is 5.96 Å². The van der Waals surface area contributed by atoms with Gasteiger partial charge in [0.1, 0.15) is 5.76 Å². The fraction of sp³-hybridized carbons (Fsp3) is 0.588. The van der Waals surface area contributed by atoms with Crippen LogP contribution in [0.15, 0.2) is 9.41 Å². The number of hydrogen-bond donors (Lipinski definition) is 2. The molecule has 0 aliphatic carbocycles. The van der Waals surface area contributed by atoms with Gasteiger partial charge >= 0.3 is 0 Å². The number of guanidine groups is 1. The van der Waals surface area contributed by atoms with Crippen molar-refractivity contribution in [3.8, 4) is 0 Å². The van der Waals surface area contributed by atoms with Crippen LogP contribution in [-0.4, -0.2) is 27.8 Å². The van der Waals surface area contributed by atoms with Crippen molar-refractivity contribution in [2.45, 2.75) is 53.6 Å². The summed E-state index contributed by atoms with van der Waals surface area (Å²) in [4.78, 5) is 8.63. The number of aromatic nitrogens is 3. The summed E-state index contributed by atoms with van der Waals surface area (Å²) in [6.07, 6.45) is 1.88. The lowest BCUT2D eigenvalue weighted by Crippen LogP contribution is -2.36. The highest BCUT2D eigenvalue weighted by Gasteiger charge is 2.14. The molecule has 7 heteroatoms. The molecule has 0 saturated carbocycles. The molecule has 2 rings (SSSR count). The third kappa shape index (κ3) is 3.96. The molecule has 0 amide bonds. The van der Waals surface area contributed by atoms with Crippen molar-refractivity contribution in [2.24, 2.45) is 12.0 Å². The molecule has 0 aliphatic heterocycles. The maximum Gasteiger partial charge on any atom is 0.214 e. The number of oxazole rings is 1. The lowest BCUT2D eigenvalue weighted by Gasteiger charge is -2.12. The van der Waals surface area contributed by atoms with Gasteiger partial charge in [-0.25, -0.2) is 4.98 Å². The summed E-state index contributed by atoms with van der Waals surface area (Å²) in [6.45, 7) is 9.34. The molecular weight excluding hydrogens is 304 g/mol. The third-order valence-corrected chi connectivity index (χ3v) is 4.16. The zero-order valence-electron chi connectivity index (χ0n) is 15.5. The largest absolute Gasteiger partial charge is 0.444 e. The molecule has 2 aromatic heterocycles. The Morgan fingerprint density at radius 2 is 1.88 bits per heavy atom. The molecule has 0 spiro atoms. The summed E-state index contributed by atoms with van der Waals surface area (Å²) in [7, 11) is 3.76. The number of nitrogens with one attached hydrogen (secondary N) is 2. The van der Waals surface area contributed by atoms with Crippen molar-refractivity contribution in [2.75, 3.05) is 7.05 Å². The molecule has 24 heavy (non-hydrogen) atoms. The molecule has 0 radical (unpaired) electrons. The first-order valence-corrected chi connectivity index (χ1v) is 8.41. The van der Waals surface area contributed by atoms with E-state index in [0.717, 1.165) is 35.9 Å². The van der Waals surface area contributed by atoms with Crippen LogP contribution in [0.1, 0.15) is 48.1 Å². The van der Waals surface area contributed by atoms with E-state index in [1.165, 1.54) is 11.3 Å². The first-order valence-electron chi connectivity index (χ1n) is 8.41. The quantitative estimate of drug-likeness (QED) is 0.625. The summed E-state index contributed by atoms with van der Waals surface area (Å²) in [6, 6.07) is 0. The monoisotopic (exact) mass is 332 g/mol. The van der Waals surface area contributed by atoms with Crippen LogP contribution in [-0.2, 0) is 33.0 Å². The highest BCUT2D eigenvalue weighted by Crippen LogP contribution is 2.15. The Hall–Kier alpha value is -2.31. The van der Waals surface area contributed by atoms with Gasteiger partial charge in [-0.05, 0) is 26.7 Å². The van der Waals surface area contributed by atoms with E-state index < -0.39 is 0 Å². The molecule has 0 aliphatic rings. The molecule has 2 aromatic rings. The average Bonchev–Trinajstić information content (AvgIpc) is 3.06. The lowest BCUT2D eigenvalue weighted by molar-refractivity contribution is 0.463. The fourth-order valence-electron chi connectivity index (χ4n) is 2.76. The van der Waals surface area contributed by atoms with Gasteiger partial charge in [-0.3, -0.25) is 9.67 Å². The van der Waals surface area contributed by atoms with E-state index in [1.807, 2.05) is 25.6 Å². The third-order valence-electron chi connectivity index (χ3n) is 4.16. The predicted octanol–water partition coefficient (Wildman–Crippen LogP) is 2.01. The molecule has 2 heterocycles. The smallest absolute Gasteiger partial charge is 0.214 e. The van der Waals surface area contributed by atoms with Crippen LogP contribution >= 0.6 is 0 Å². The molecule has 0 bridgehead atoms. The maximum atomic E-state index is 5.58. The molecule has 0 unspecified atom stereocenters.